The predicted molar refractivity (Wildman–Crippen MR) is 131 cm³/mol. The van der Waals surface area contributed by atoms with Crippen molar-refractivity contribution in [1.29, 1.82) is 0 Å². The summed E-state index contributed by atoms with van der Waals surface area (Å²) in [5.41, 5.74) is 5.44. The third-order valence-corrected chi connectivity index (χ3v) is 4.99. The van der Waals surface area contributed by atoms with Crippen LogP contribution in [0.2, 0.25) is 0 Å². The Bertz CT molecular complexity index is 1110. The largest absolute Gasteiger partial charge is 0.497 e. The van der Waals surface area contributed by atoms with Gasteiger partial charge in [0, 0.05) is 24.5 Å². The molecule has 0 saturated heterocycles. The van der Waals surface area contributed by atoms with E-state index in [1.54, 1.807) is 44.5 Å². The van der Waals surface area contributed by atoms with Crippen LogP contribution in [0.25, 0.3) is 0 Å². The van der Waals surface area contributed by atoms with Gasteiger partial charge >= 0.3 is 5.69 Å². The highest BCUT2D eigenvalue weighted by atomic mass is 16.6. The summed E-state index contributed by atoms with van der Waals surface area (Å²) in [6.07, 6.45) is 1.64. The van der Waals surface area contributed by atoms with Crippen molar-refractivity contribution in [3.63, 3.8) is 0 Å². The molecule has 0 aliphatic heterocycles. The first kappa shape index (κ1) is 23.5. The van der Waals surface area contributed by atoms with Crippen molar-refractivity contribution in [2.24, 2.45) is 5.10 Å². The number of nitrogens with zero attached hydrogens (tertiary/aromatic N) is 5. The van der Waals surface area contributed by atoms with Crippen LogP contribution in [-0.4, -0.2) is 41.3 Å². The fourth-order valence-corrected chi connectivity index (χ4v) is 3.26. The van der Waals surface area contributed by atoms with Gasteiger partial charge in [-0.3, -0.25) is 10.1 Å². The number of hydrazone groups is 1. The summed E-state index contributed by atoms with van der Waals surface area (Å²) in [6.45, 7) is 7.67. The summed E-state index contributed by atoms with van der Waals surface area (Å²) >= 11 is 0. The van der Waals surface area contributed by atoms with Crippen LogP contribution in [0.4, 0.5) is 28.8 Å². The zero-order chi connectivity index (χ0) is 23.8. The van der Waals surface area contributed by atoms with Crippen molar-refractivity contribution in [2.45, 2.75) is 20.8 Å². The number of benzene rings is 2. The number of methoxy groups -OCH3 is 1. The Labute approximate surface area is 192 Å². The van der Waals surface area contributed by atoms with E-state index in [0.717, 1.165) is 24.3 Å². The smallest absolute Gasteiger partial charge is 0.332 e. The fraction of sp³-hybridized carbons (Fsp3) is 0.261. The summed E-state index contributed by atoms with van der Waals surface area (Å²) in [5, 5.41) is 18.7. The van der Waals surface area contributed by atoms with Gasteiger partial charge in [-0.15, -0.1) is 0 Å². The zero-order valence-corrected chi connectivity index (χ0v) is 19.1. The molecule has 10 nitrogen and oxygen atoms in total. The maximum Gasteiger partial charge on any atom is 0.332 e. The first-order chi connectivity index (χ1) is 15.9. The van der Waals surface area contributed by atoms with E-state index in [1.165, 1.54) is 0 Å². The molecule has 0 radical (unpaired) electrons. The van der Waals surface area contributed by atoms with E-state index >= 15 is 0 Å². The zero-order valence-electron chi connectivity index (χ0n) is 19.1. The van der Waals surface area contributed by atoms with Crippen molar-refractivity contribution in [3.8, 4) is 5.75 Å². The Morgan fingerprint density at radius 1 is 1.09 bits per heavy atom. The van der Waals surface area contributed by atoms with E-state index in [9.17, 15) is 10.1 Å². The molecule has 2 aromatic carbocycles. The molecule has 172 valence electrons. The lowest BCUT2D eigenvalue weighted by Crippen LogP contribution is -2.21. The molecule has 0 unspecified atom stereocenters. The summed E-state index contributed by atoms with van der Waals surface area (Å²) in [6, 6.07) is 15.0. The summed E-state index contributed by atoms with van der Waals surface area (Å²) in [4.78, 5) is 21.7. The van der Waals surface area contributed by atoms with Gasteiger partial charge in [0.05, 0.1) is 18.2 Å². The standard InChI is InChI=1S/C23H27N7O3/c1-5-29(6-2)19-11-7-17(8-12-19)15-24-28-23-25-16(3)21(30(31)32)22(27-23)26-18-9-13-20(33-4)14-10-18/h7-15H,5-6H2,1-4H3,(H2,25,26,27,28). The molecule has 10 heteroatoms. The molecule has 0 saturated carbocycles. The summed E-state index contributed by atoms with van der Waals surface area (Å²) in [5.74, 6) is 0.889. The van der Waals surface area contributed by atoms with Crippen LogP contribution in [0.3, 0.4) is 0 Å². The van der Waals surface area contributed by atoms with Crippen LogP contribution in [0, 0.1) is 17.0 Å². The van der Waals surface area contributed by atoms with Crippen molar-refractivity contribution in [3.05, 3.63) is 69.9 Å². The Kier molecular flexibility index (Phi) is 7.74. The number of hydrogen-bond acceptors (Lipinski definition) is 9. The Balaban J connectivity index is 1.78. The third kappa shape index (κ3) is 5.94. The minimum absolute atomic E-state index is 0.0685. The molecule has 0 bridgehead atoms. The van der Waals surface area contributed by atoms with Crippen molar-refractivity contribution in [2.75, 3.05) is 35.8 Å². The van der Waals surface area contributed by atoms with Crippen LogP contribution in [-0.2, 0) is 0 Å². The molecule has 0 spiro atoms. The molecule has 3 aromatic rings. The topological polar surface area (TPSA) is 118 Å². The molecular weight excluding hydrogens is 422 g/mol. The van der Waals surface area contributed by atoms with E-state index < -0.39 is 4.92 Å². The van der Waals surface area contributed by atoms with E-state index in [2.05, 4.69) is 44.6 Å². The SMILES string of the molecule is CCN(CC)c1ccc(C=NNc2nc(C)c([N+](=O)[O-])c(Nc3ccc(OC)cc3)n2)cc1. The van der Waals surface area contributed by atoms with Gasteiger partial charge in [-0.1, -0.05) is 12.1 Å². The molecule has 1 aromatic heterocycles. The number of aromatic nitrogens is 2. The van der Waals surface area contributed by atoms with Gasteiger partial charge in [-0.05, 0) is 62.7 Å². The minimum atomic E-state index is -0.508. The van der Waals surface area contributed by atoms with E-state index in [1.807, 2.05) is 24.3 Å². The van der Waals surface area contributed by atoms with Crippen LogP contribution in [0.1, 0.15) is 25.1 Å². The van der Waals surface area contributed by atoms with Gasteiger partial charge in [0.1, 0.15) is 11.4 Å². The second-order valence-corrected chi connectivity index (χ2v) is 7.07. The van der Waals surface area contributed by atoms with E-state index in [-0.39, 0.29) is 23.1 Å². The number of nitro groups is 1. The molecule has 3 rings (SSSR count). The number of rotatable bonds is 10. The molecule has 0 aliphatic carbocycles. The number of ether oxygens (including phenoxy) is 1. The normalized spacial score (nSPS) is 10.8. The molecule has 0 fully saturated rings. The molecule has 2 N–H and O–H groups in total. The van der Waals surface area contributed by atoms with Crippen LogP contribution < -0.4 is 20.4 Å². The molecule has 0 amide bonds. The Hall–Kier alpha value is -4.21. The highest BCUT2D eigenvalue weighted by Gasteiger charge is 2.22. The van der Waals surface area contributed by atoms with E-state index in [4.69, 9.17) is 4.74 Å². The van der Waals surface area contributed by atoms with Crippen LogP contribution >= 0.6 is 0 Å². The van der Waals surface area contributed by atoms with Gasteiger partial charge in [0.15, 0.2) is 0 Å². The summed E-state index contributed by atoms with van der Waals surface area (Å²) in [7, 11) is 1.57. The van der Waals surface area contributed by atoms with Crippen molar-refractivity contribution in [1.82, 2.24) is 9.97 Å². The highest BCUT2D eigenvalue weighted by Crippen LogP contribution is 2.30. The van der Waals surface area contributed by atoms with Gasteiger partial charge in [0.2, 0.25) is 11.8 Å². The lowest BCUT2D eigenvalue weighted by molar-refractivity contribution is -0.385. The van der Waals surface area contributed by atoms with Crippen molar-refractivity contribution >= 4 is 35.0 Å². The Morgan fingerprint density at radius 2 is 1.76 bits per heavy atom. The monoisotopic (exact) mass is 449 g/mol. The van der Waals surface area contributed by atoms with E-state index in [0.29, 0.717) is 11.4 Å². The van der Waals surface area contributed by atoms with Crippen molar-refractivity contribution < 1.29 is 9.66 Å². The summed E-state index contributed by atoms with van der Waals surface area (Å²) < 4.78 is 5.14. The number of anilines is 4. The predicted octanol–water partition coefficient (Wildman–Crippen LogP) is 4.74. The van der Waals surface area contributed by atoms with Crippen LogP contribution in [0.15, 0.2) is 53.6 Å². The lowest BCUT2D eigenvalue weighted by atomic mass is 10.2. The average Bonchev–Trinajstić information content (AvgIpc) is 2.81. The molecule has 0 aliphatic rings. The highest BCUT2D eigenvalue weighted by molar-refractivity contribution is 5.81. The van der Waals surface area contributed by atoms with Gasteiger partial charge in [-0.2, -0.15) is 10.1 Å². The second-order valence-electron chi connectivity index (χ2n) is 7.07. The quantitative estimate of drug-likeness (QED) is 0.259. The second kappa shape index (κ2) is 10.9. The number of hydrogen-bond donors (Lipinski definition) is 2. The van der Waals surface area contributed by atoms with Crippen LogP contribution in [0.5, 0.6) is 5.75 Å². The average molecular weight is 450 g/mol. The third-order valence-electron chi connectivity index (χ3n) is 4.99. The first-order valence-corrected chi connectivity index (χ1v) is 10.5. The minimum Gasteiger partial charge on any atom is -0.497 e. The molecular formula is C23H27N7O3. The molecule has 0 atom stereocenters. The maximum absolute atomic E-state index is 11.6. The van der Waals surface area contributed by atoms with Gasteiger partial charge < -0.3 is 15.0 Å². The first-order valence-electron chi connectivity index (χ1n) is 10.5. The molecule has 33 heavy (non-hydrogen) atoms. The van der Waals surface area contributed by atoms with Gasteiger partial charge in [-0.25, -0.2) is 10.4 Å². The maximum atomic E-state index is 11.6. The molecule has 1 heterocycles. The van der Waals surface area contributed by atoms with Gasteiger partial charge in [0.25, 0.3) is 0 Å². The number of aryl methyl sites for hydroxylation is 1. The number of nitrogens with one attached hydrogen (secondary N) is 2. The fourth-order valence-electron chi connectivity index (χ4n) is 3.26. The Morgan fingerprint density at radius 3 is 2.33 bits per heavy atom. The lowest BCUT2D eigenvalue weighted by Gasteiger charge is -2.20.